The molecule has 0 bridgehead atoms. The highest BCUT2D eigenvalue weighted by Gasteiger charge is 2.42. The first-order chi connectivity index (χ1) is 15.1. The molecule has 7 heteroatoms. The van der Waals surface area contributed by atoms with E-state index in [2.05, 4.69) is 53.2 Å². The predicted molar refractivity (Wildman–Crippen MR) is 129 cm³/mol. The molecule has 2 heterocycles. The van der Waals surface area contributed by atoms with Gasteiger partial charge in [-0.15, -0.1) is 11.3 Å². The second-order valence-electron chi connectivity index (χ2n) is 8.16. The molecule has 1 aliphatic carbocycles. The maximum Gasteiger partial charge on any atom is 0.220 e. The van der Waals surface area contributed by atoms with Gasteiger partial charge < -0.3 is 11.5 Å². The van der Waals surface area contributed by atoms with Crippen molar-refractivity contribution in [2.45, 2.75) is 44.7 Å². The Morgan fingerprint density at radius 2 is 1.68 bits per heavy atom. The van der Waals surface area contributed by atoms with Crippen molar-refractivity contribution in [3.63, 3.8) is 0 Å². The molecule has 5 rings (SSSR count). The van der Waals surface area contributed by atoms with Crippen molar-refractivity contribution in [3.05, 3.63) is 59.5 Å². The number of aromatic nitrogens is 1. The number of anilines is 1. The van der Waals surface area contributed by atoms with Gasteiger partial charge in [-0.1, -0.05) is 48.9 Å². The number of rotatable bonds is 3. The predicted octanol–water partition coefficient (Wildman–Crippen LogP) is 4.90. The van der Waals surface area contributed by atoms with Crippen molar-refractivity contribution < 1.29 is 0 Å². The quantitative estimate of drug-likeness (QED) is 0.618. The number of benzene rings is 2. The van der Waals surface area contributed by atoms with Gasteiger partial charge in [0.2, 0.25) is 11.9 Å². The van der Waals surface area contributed by atoms with E-state index in [1.54, 1.807) is 11.3 Å². The van der Waals surface area contributed by atoms with Crippen LogP contribution in [0, 0.1) is 6.92 Å². The maximum atomic E-state index is 6.40. The lowest BCUT2D eigenvalue weighted by atomic mass is 9.87. The molecular weight excluding hydrogens is 404 g/mol. The SMILES string of the molecule is Cc1sc(-c2cccc(N3C(N)=NC(N)=NC34CCCCC4)c2)nc1-c1ccccc1. The molecule has 6 nitrogen and oxygen atoms in total. The van der Waals surface area contributed by atoms with Crippen LogP contribution in [-0.2, 0) is 0 Å². The van der Waals surface area contributed by atoms with Crippen molar-refractivity contribution >= 4 is 28.9 Å². The van der Waals surface area contributed by atoms with Crippen LogP contribution in [0.4, 0.5) is 5.69 Å². The van der Waals surface area contributed by atoms with E-state index < -0.39 is 5.66 Å². The highest BCUT2D eigenvalue weighted by atomic mass is 32.1. The zero-order valence-corrected chi connectivity index (χ0v) is 18.4. The summed E-state index contributed by atoms with van der Waals surface area (Å²) in [6.07, 6.45) is 5.26. The minimum Gasteiger partial charge on any atom is -0.369 e. The second-order valence-corrected chi connectivity index (χ2v) is 9.36. The van der Waals surface area contributed by atoms with Gasteiger partial charge in [-0.2, -0.15) is 4.99 Å². The standard InChI is InChI=1S/C24H26N6S/c1-16-20(17-9-4-2-5-10-17)27-21(31-16)18-11-8-12-19(15-18)30-23(26)28-22(25)29-24(30)13-6-3-7-14-24/h2,4-5,8-12,15H,3,6-7,13-14H2,1H3,(H4,25,26,28,29). The summed E-state index contributed by atoms with van der Waals surface area (Å²) in [5.74, 6) is 0.682. The lowest BCUT2D eigenvalue weighted by molar-refractivity contribution is 0.305. The number of aryl methyl sites for hydroxylation is 1. The highest BCUT2D eigenvalue weighted by molar-refractivity contribution is 7.15. The third kappa shape index (κ3) is 3.59. The van der Waals surface area contributed by atoms with Gasteiger partial charge in [-0.05, 0) is 44.7 Å². The molecule has 31 heavy (non-hydrogen) atoms. The third-order valence-corrected chi connectivity index (χ3v) is 7.07. The van der Waals surface area contributed by atoms with E-state index in [1.165, 1.54) is 11.3 Å². The van der Waals surface area contributed by atoms with Crippen molar-refractivity contribution in [2.75, 3.05) is 4.90 Å². The average molecular weight is 431 g/mol. The highest BCUT2D eigenvalue weighted by Crippen LogP contribution is 2.41. The Morgan fingerprint density at radius 3 is 2.45 bits per heavy atom. The van der Waals surface area contributed by atoms with Crippen molar-refractivity contribution in [1.82, 2.24) is 4.98 Å². The van der Waals surface area contributed by atoms with Gasteiger partial charge in [-0.25, -0.2) is 9.98 Å². The molecule has 158 valence electrons. The fourth-order valence-electron chi connectivity index (χ4n) is 4.66. The number of aliphatic imine (C=N–C) groups is 2. The maximum absolute atomic E-state index is 6.40. The summed E-state index contributed by atoms with van der Waals surface area (Å²) in [7, 11) is 0. The summed E-state index contributed by atoms with van der Waals surface area (Å²) in [6.45, 7) is 2.12. The molecule has 1 fully saturated rings. The monoisotopic (exact) mass is 430 g/mol. The normalized spacial score (nSPS) is 18.0. The molecular formula is C24H26N6S. The van der Waals surface area contributed by atoms with Gasteiger partial charge in [0.25, 0.3) is 0 Å². The van der Waals surface area contributed by atoms with E-state index >= 15 is 0 Å². The average Bonchev–Trinajstić information content (AvgIpc) is 3.16. The first-order valence-electron chi connectivity index (χ1n) is 10.7. The Hall–Kier alpha value is -3.19. The number of hydrogen-bond acceptors (Lipinski definition) is 7. The molecule has 2 aromatic carbocycles. The molecule has 2 aliphatic rings. The van der Waals surface area contributed by atoms with E-state index in [9.17, 15) is 0 Å². The molecule has 1 saturated carbocycles. The van der Waals surface area contributed by atoms with Crippen LogP contribution < -0.4 is 16.4 Å². The Balaban J connectivity index is 1.54. The smallest absolute Gasteiger partial charge is 0.220 e. The van der Waals surface area contributed by atoms with Crippen LogP contribution in [0.25, 0.3) is 21.8 Å². The van der Waals surface area contributed by atoms with Gasteiger partial charge in [0.05, 0.1) is 5.69 Å². The van der Waals surface area contributed by atoms with Crippen molar-refractivity contribution in [3.8, 4) is 21.8 Å². The zero-order valence-electron chi connectivity index (χ0n) is 17.6. The summed E-state index contributed by atoms with van der Waals surface area (Å²) >= 11 is 1.71. The summed E-state index contributed by atoms with van der Waals surface area (Å²) in [4.78, 5) is 17.3. The van der Waals surface area contributed by atoms with Gasteiger partial charge in [-0.3, -0.25) is 4.90 Å². The van der Waals surface area contributed by atoms with Gasteiger partial charge in [0.1, 0.15) is 10.7 Å². The van der Waals surface area contributed by atoms with E-state index in [-0.39, 0.29) is 5.96 Å². The first-order valence-corrected chi connectivity index (χ1v) is 11.5. The van der Waals surface area contributed by atoms with E-state index in [0.717, 1.165) is 53.2 Å². The molecule has 0 amide bonds. The molecule has 3 aromatic rings. The zero-order chi connectivity index (χ0) is 21.4. The Kier molecular flexibility index (Phi) is 4.98. The molecule has 4 N–H and O–H groups in total. The minimum atomic E-state index is -0.444. The molecule has 1 aliphatic heterocycles. The van der Waals surface area contributed by atoms with Crippen LogP contribution >= 0.6 is 11.3 Å². The number of thiazole rings is 1. The van der Waals surface area contributed by atoms with Crippen LogP contribution in [0.1, 0.15) is 37.0 Å². The van der Waals surface area contributed by atoms with E-state index in [4.69, 9.17) is 21.4 Å². The molecule has 0 unspecified atom stereocenters. The van der Waals surface area contributed by atoms with Crippen molar-refractivity contribution in [1.29, 1.82) is 0 Å². The van der Waals surface area contributed by atoms with Gasteiger partial charge in [0.15, 0.2) is 0 Å². The molecule has 0 atom stereocenters. The van der Waals surface area contributed by atoms with Crippen LogP contribution in [0.5, 0.6) is 0 Å². The topological polar surface area (TPSA) is 92.9 Å². The fraction of sp³-hybridized carbons (Fsp3) is 0.292. The first kappa shape index (κ1) is 19.8. The molecule has 0 radical (unpaired) electrons. The molecule has 1 aromatic heterocycles. The van der Waals surface area contributed by atoms with Gasteiger partial charge >= 0.3 is 0 Å². The van der Waals surface area contributed by atoms with Gasteiger partial charge in [0, 0.05) is 21.7 Å². The Labute approximate surface area is 186 Å². The lowest BCUT2D eigenvalue weighted by Gasteiger charge is -2.45. The minimum absolute atomic E-state index is 0.273. The van der Waals surface area contributed by atoms with Crippen LogP contribution in [-0.4, -0.2) is 22.6 Å². The van der Waals surface area contributed by atoms with E-state index in [1.807, 2.05) is 18.2 Å². The van der Waals surface area contributed by atoms with E-state index in [0.29, 0.717) is 5.96 Å². The van der Waals surface area contributed by atoms with Crippen molar-refractivity contribution in [2.24, 2.45) is 21.5 Å². The Bertz CT molecular complexity index is 1160. The van der Waals surface area contributed by atoms with Crippen LogP contribution in [0.3, 0.4) is 0 Å². The third-order valence-electron chi connectivity index (χ3n) is 6.05. The number of hydrogen-bond donors (Lipinski definition) is 2. The molecule has 0 saturated heterocycles. The number of nitrogens with two attached hydrogens (primary N) is 2. The summed E-state index contributed by atoms with van der Waals surface area (Å²) in [5, 5.41) is 0.992. The second kappa shape index (κ2) is 7.81. The number of guanidine groups is 2. The van der Waals surface area contributed by atoms with Crippen LogP contribution in [0.2, 0.25) is 0 Å². The summed E-state index contributed by atoms with van der Waals surface area (Å²) in [6, 6.07) is 18.7. The van der Waals surface area contributed by atoms with Crippen LogP contribution in [0.15, 0.2) is 64.6 Å². The summed E-state index contributed by atoms with van der Waals surface area (Å²) in [5.41, 5.74) is 16.2. The largest absolute Gasteiger partial charge is 0.369 e. The Morgan fingerprint density at radius 1 is 0.935 bits per heavy atom. The fourth-order valence-corrected chi connectivity index (χ4v) is 5.59. The number of nitrogens with zero attached hydrogens (tertiary/aromatic N) is 4. The lowest BCUT2D eigenvalue weighted by Crippen LogP contribution is -2.58. The summed E-state index contributed by atoms with van der Waals surface area (Å²) < 4.78 is 0. The molecule has 1 spiro atoms.